The standard InChI is InChI=1S/C25H23ClF3N5O3/c26-19-2-1-15(11-20(19)37-24-21-22(32-13-33-24)31-7-8-36-21)23(35)34-18-10-16(14-3-5-30-6-4-14)9-17(12-18)25(27,28)29/h1-2,9-14,30H,3-8H2,(H,34,35)(H,31,32,33). The number of halogens is 4. The molecule has 0 unspecified atom stereocenters. The summed E-state index contributed by atoms with van der Waals surface area (Å²) < 4.78 is 52.3. The highest BCUT2D eigenvalue weighted by Gasteiger charge is 2.32. The van der Waals surface area contributed by atoms with Crippen LogP contribution in [0.15, 0.2) is 42.7 Å². The Morgan fingerprint density at radius 1 is 1.11 bits per heavy atom. The van der Waals surface area contributed by atoms with Crippen LogP contribution in [0, 0.1) is 0 Å². The van der Waals surface area contributed by atoms with Crippen LogP contribution in [0.4, 0.5) is 24.7 Å². The summed E-state index contributed by atoms with van der Waals surface area (Å²) in [6.45, 7) is 2.43. The summed E-state index contributed by atoms with van der Waals surface area (Å²) in [5.41, 5.74) is -0.0488. The largest absolute Gasteiger partial charge is 0.483 e. The first-order chi connectivity index (χ1) is 17.8. The van der Waals surface area contributed by atoms with E-state index in [1.54, 1.807) is 6.07 Å². The number of nitrogens with zero attached hydrogens (tertiary/aromatic N) is 2. The molecule has 0 radical (unpaired) electrons. The van der Waals surface area contributed by atoms with E-state index < -0.39 is 17.6 Å². The molecule has 37 heavy (non-hydrogen) atoms. The molecular weight excluding hydrogens is 511 g/mol. The number of carbonyl (C=O) groups excluding carboxylic acids is 1. The van der Waals surface area contributed by atoms with E-state index in [0.29, 0.717) is 30.3 Å². The van der Waals surface area contributed by atoms with Crippen molar-refractivity contribution in [2.45, 2.75) is 24.9 Å². The molecule has 0 aliphatic carbocycles. The van der Waals surface area contributed by atoms with Gasteiger partial charge in [-0.05, 0) is 73.8 Å². The number of alkyl halides is 3. The fourth-order valence-corrected chi connectivity index (χ4v) is 4.47. The van der Waals surface area contributed by atoms with Gasteiger partial charge < -0.3 is 25.4 Å². The zero-order chi connectivity index (χ0) is 26.0. The second kappa shape index (κ2) is 10.4. The van der Waals surface area contributed by atoms with Crippen molar-refractivity contribution >= 4 is 29.0 Å². The fraction of sp³-hybridized carbons (Fsp3) is 0.320. The van der Waals surface area contributed by atoms with E-state index in [1.165, 1.54) is 30.6 Å². The summed E-state index contributed by atoms with van der Waals surface area (Å²) >= 11 is 6.29. The zero-order valence-corrected chi connectivity index (χ0v) is 20.2. The molecule has 3 N–H and O–H groups in total. The number of hydrogen-bond acceptors (Lipinski definition) is 7. The molecule has 2 aromatic carbocycles. The number of hydrogen-bond donors (Lipinski definition) is 3. The first kappa shape index (κ1) is 25.1. The molecule has 194 valence electrons. The smallest absolute Gasteiger partial charge is 0.416 e. The van der Waals surface area contributed by atoms with E-state index in [2.05, 4.69) is 25.9 Å². The first-order valence-corrected chi connectivity index (χ1v) is 12.1. The number of ether oxygens (including phenoxy) is 2. The Morgan fingerprint density at radius 3 is 2.70 bits per heavy atom. The minimum absolute atomic E-state index is 0.0229. The van der Waals surface area contributed by atoms with Crippen LogP contribution in [0.3, 0.4) is 0 Å². The molecule has 0 saturated carbocycles. The van der Waals surface area contributed by atoms with Crippen LogP contribution < -0.4 is 25.4 Å². The number of piperidine rings is 1. The van der Waals surface area contributed by atoms with E-state index in [4.69, 9.17) is 21.1 Å². The van der Waals surface area contributed by atoms with Crippen LogP contribution in [-0.2, 0) is 6.18 Å². The number of carbonyl (C=O) groups is 1. The molecule has 1 amide bonds. The van der Waals surface area contributed by atoms with Crippen molar-refractivity contribution in [1.29, 1.82) is 0 Å². The molecule has 0 atom stereocenters. The lowest BCUT2D eigenvalue weighted by Gasteiger charge is -2.24. The summed E-state index contributed by atoms with van der Waals surface area (Å²) in [5, 5.41) is 9.08. The molecule has 1 saturated heterocycles. The molecule has 2 aliphatic rings. The van der Waals surface area contributed by atoms with Crippen LogP contribution in [0.1, 0.15) is 40.2 Å². The van der Waals surface area contributed by atoms with E-state index in [1.807, 2.05) is 0 Å². The van der Waals surface area contributed by atoms with Crippen LogP contribution in [0.25, 0.3) is 0 Å². The lowest BCUT2D eigenvalue weighted by atomic mass is 9.89. The van der Waals surface area contributed by atoms with Gasteiger partial charge in [-0.15, -0.1) is 0 Å². The van der Waals surface area contributed by atoms with Crippen molar-refractivity contribution in [3.8, 4) is 17.4 Å². The monoisotopic (exact) mass is 533 g/mol. The Bertz CT molecular complexity index is 1320. The van der Waals surface area contributed by atoms with Crippen LogP contribution in [-0.4, -0.2) is 42.1 Å². The van der Waals surface area contributed by atoms with Crippen molar-refractivity contribution in [3.63, 3.8) is 0 Å². The van der Waals surface area contributed by atoms with Crippen molar-refractivity contribution in [2.75, 3.05) is 36.9 Å². The van der Waals surface area contributed by atoms with Crippen LogP contribution >= 0.6 is 11.6 Å². The molecular formula is C25H23ClF3N5O3. The summed E-state index contributed by atoms with van der Waals surface area (Å²) in [6, 6.07) is 8.02. The van der Waals surface area contributed by atoms with Gasteiger partial charge in [0.25, 0.3) is 11.8 Å². The van der Waals surface area contributed by atoms with Gasteiger partial charge in [0.05, 0.1) is 17.1 Å². The van der Waals surface area contributed by atoms with E-state index >= 15 is 0 Å². The van der Waals surface area contributed by atoms with Crippen molar-refractivity contribution in [3.05, 3.63) is 64.4 Å². The molecule has 1 aromatic heterocycles. The minimum Gasteiger partial charge on any atom is -0.483 e. The van der Waals surface area contributed by atoms with Gasteiger partial charge in [-0.2, -0.15) is 18.2 Å². The Morgan fingerprint density at radius 2 is 1.92 bits per heavy atom. The van der Waals surface area contributed by atoms with Gasteiger partial charge in [-0.3, -0.25) is 4.79 Å². The van der Waals surface area contributed by atoms with Gasteiger partial charge in [-0.1, -0.05) is 11.6 Å². The lowest BCUT2D eigenvalue weighted by Crippen LogP contribution is -2.27. The maximum absolute atomic E-state index is 13.6. The zero-order valence-electron chi connectivity index (χ0n) is 19.5. The number of rotatable bonds is 5. The van der Waals surface area contributed by atoms with Gasteiger partial charge in [0.2, 0.25) is 5.75 Å². The summed E-state index contributed by atoms with van der Waals surface area (Å²) in [5.74, 6) is 0.388. The van der Waals surface area contributed by atoms with Crippen LogP contribution in [0.5, 0.6) is 17.4 Å². The third kappa shape index (κ3) is 5.72. The predicted molar refractivity (Wildman–Crippen MR) is 132 cm³/mol. The Hall–Kier alpha value is -3.57. The summed E-state index contributed by atoms with van der Waals surface area (Å²) in [7, 11) is 0. The highest BCUT2D eigenvalue weighted by molar-refractivity contribution is 6.32. The van der Waals surface area contributed by atoms with Gasteiger partial charge in [0.15, 0.2) is 5.82 Å². The predicted octanol–water partition coefficient (Wildman–Crippen LogP) is 5.46. The molecule has 1 fully saturated rings. The second-order valence-electron chi connectivity index (χ2n) is 8.70. The normalized spacial score (nSPS) is 15.8. The molecule has 2 aliphatic heterocycles. The summed E-state index contributed by atoms with van der Waals surface area (Å²) in [4.78, 5) is 21.2. The Balaban J connectivity index is 1.40. The SMILES string of the molecule is O=C(Nc1cc(C2CCNCC2)cc(C(F)(F)F)c1)c1ccc(Cl)c(Oc2ncnc3c2OCCN3)c1. The molecule has 12 heteroatoms. The van der Waals surface area contributed by atoms with Crippen molar-refractivity contribution in [2.24, 2.45) is 0 Å². The quantitative estimate of drug-likeness (QED) is 0.400. The number of amides is 1. The molecule has 3 aromatic rings. The van der Waals surface area contributed by atoms with E-state index in [9.17, 15) is 18.0 Å². The maximum atomic E-state index is 13.6. The van der Waals surface area contributed by atoms with Crippen LogP contribution in [0.2, 0.25) is 5.02 Å². The van der Waals surface area contributed by atoms with Crippen molar-refractivity contribution in [1.82, 2.24) is 15.3 Å². The lowest BCUT2D eigenvalue weighted by molar-refractivity contribution is -0.137. The van der Waals surface area contributed by atoms with Gasteiger partial charge in [-0.25, -0.2) is 4.98 Å². The van der Waals surface area contributed by atoms with E-state index in [0.717, 1.165) is 32.0 Å². The molecule has 5 rings (SSSR count). The summed E-state index contributed by atoms with van der Waals surface area (Å²) in [6.07, 6.45) is -1.80. The maximum Gasteiger partial charge on any atom is 0.416 e. The van der Waals surface area contributed by atoms with Gasteiger partial charge in [0.1, 0.15) is 18.7 Å². The molecule has 0 spiro atoms. The fourth-order valence-electron chi connectivity index (χ4n) is 4.32. The van der Waals surface area contributed by atoms with Crippen molar-refractivity contribution < 1.29 is 27.4 Å². The third-order valence-electron chi connectivity index (χ3n) is 6.16. The molecule has 3 heterocycles. The highest BCUT2D eigenvalue weighted by atomic mass is 35.5. The van der Waals surface area contributed by atoms with E-state index in [-0.39, 0.29) is 33.8 Å². The number of benzene rings is 2. The second-order valence-corrected chi connectivity index (χ2v) is 9.11. The Kier molecular flexibility index (Phi) is 7.07. The topological polar surface area (TPSA) is 97.4 Å². The number of nitrogens with one attached hydrogen (secondary N) is 3. The average molecular weight is 534 g/mol. The van der Waals surface area contributed by atoms with Gasteiger partial charge in [0, 0.05) is 11.3 Å². The minimum atomic E-state index is -4.54. The number of fused-ring (bicyclic) bond motifs is 1. The third-order valence-corrected chi connectivity index (χ3v) is 6.48. The highest BCUT2D eigenvalue weighted by Crippen LogP contribution is 2.39. The average Bonchev–Trinajstić information content (AvgIpc) is 2.90. The number of aromatic nitrogens is 2. The van der Waals surface area contributed by atoms with Gasteiger partial charge >= 0.3 is 6.18 Å². The molecule has 0 bridgehead atoms. The molecule has 8 nitrogen and oxygen atoms in total. The number of anilines is 2. The first-order valence-electron chi connectivity index (χ1n) is 11.7. The Labute approximate surface area is 215 Å².